The summed E-state index contributed by atoms with van der Waals surface area (Å²) in [6.45, 7) is 4.48. The summed E-state index contributed by atoms with van der Waals surface area (Å²) in [5, 5.41) is 0. The van der Waals surface area contributed by atoms with E-state index in [1.165, 1.54) is 44.3 Å². The molecule has 2 N–H and O–H groups in total. The number of piperidine rings is 1. The Hall–Kier alpha value is -1.06. The highest BCUT2D eigenvalue weighted by atomic mass is 16.5. The maximum absolute atomic E-state index is 5.87. The minimum absolute atomic E-state index is 0.490. The Balaban J connectivity index is 1.51. The fourth-order valence-corrected chi connectivity index (χ4v) is 3.34. The maximum atomic E-state index is 5.87. The predicted molar refractivity (Wildman–Crippen MR) is 78.2 cm³/mol. The summed E-state index contributed by atoms with van der Waals surface area (Å²) in [5.74, 6) is 0.684. The zero-order valence-corrected chi connectivity index (χ0v) is 11.6. The van der Waals surface area contributed by atoms with Crippen LogP contribution in [-0.4, -0.2) is 37.2 Å². The fourth-order valence-electron chi connectivity index (χ4n) is 3.34. The van der Waals surface area contributed by atoms with Gasteiger partial charge in [-0.05, 0) is 62.4 Å². The van der Waals surface area contributed by atoms with Crippen LogP contribution in [-0.2, 0) is 4.74 Å². The van der Waals surface area contributed by atoms with Gasteiger partial charge in [-0.1, -0.05) is 12.1 Å². The molecule has 1 aromatic rings. The predicted octanol–water partition coefficient (Wildman–Crippen LogP) is 2.63. The Morgan fingerprint density at radius 2 is 2.05 bits per heavy atom. The molecule has 2 saturated heterocycles. The van der Waals surface area contributed by atoms with Crippen molar-refractivity contribution in [2.75, 3.05) is 32.0 Å². The molecule has 2 fully saturated rings. The Morgan fingerprint density at radius 1 is 1.21 bits per heavy atom. The molecule has 0 aromatic heterocycles. The van der Waals surface area contributed by atoms with Crippen LogP contribution in [0.25, 0.3) is 0 Å². The van der Waals surface area contributed by atoms with E-state index in [4.69, 9.17) is 10.5 Å². The molecule has 3 heteroatoms. The molecule has 2 aliphatic rings. The summed E-state index contributed by atoms with van der Waals surface area (Å²) in [4.78, 5) is 2.57. The standard InChI is InChI=1S/C16H24N2O/c17-15-4-1-3-14(11-15)13-6-8-18(9-7-13)12-16-5-2-10-19-16/h1,3-4,11,13,16H,2,5-10,12,17H2. The summed E-state index contributed by atoms with van der Waals surface area (Å²) in [6, 6.07) is 8.40. The van der Waals surface area contributed by atoms with Gasteiger partial charge < -0.3 is 15.4 Å². The third kappa shape index (κ3) is 3.28. The normalized spacial score (nSPS) is 25.8. The van der Waals surface area contributed by atoms with Gasteiger partial charge in [-0.2, -0.15) is 0 Å². The van der Waals surface area contributed by atoms with E-state index in [0.29, 0.717) is 12.0 Å². The van der Waals surface area contributed by atoms with E-state index in [1.807, 2.05) is 6.07 Å². The van der Waals surface area contributed by atoms with Crippen LogP contribution in [0.5, 0.6) is 0 Å². The average molecular weight is 260 g/mol. The molecular weight excluding hydrogens is 236 g/mol. The van der Waals surface area contributed by atoms with Gasteiger partial charge in [0, 0.05) is 18.8 Å². The second-order valence-electron chi connectivity index (χ2n) is 5.88. The third-order valence-electron chi connectivity index (χ3n) is 4.46. The van der Waals surface area contributed by atoms with E-state index in [2.05, 4.69) is 23.1 Å². The van der Waals surface area contributed by atoms with Crippen molar-refractivity contribution in [3.63, 3.8) is 0 Å². The summed E-state index contributed by atoms with van der Waals surface area (Å²) in [7, 11) is 0. The summed E-state index contributed by atoms with van der Waals surface area (Å²) in [6.07, 6.45) is 5.47. The molecule has 19 heavy (non-hydrogen) atoms. The van der Waals surface area contributed by atoms with Crippen molar-refractivity contribution < 1.29 is 4.74 Å². The number of ether oxygens (including phenoxy) is 1. The number of nitrogens with zero attached hydrogens (tertiary/aromatic N) is 1. The highest BCUT2D eigenvalue weighted by molar-refractivity contribution is 5.41. The van der Waals surface area contributed by atoms with E-state index in [0.717, 1.165) is 18.8 Å². The van der Waals surface area contributed by atoms with Crippen molar-refractivity contribution in [2.45, 2.75) is 37.7 Å². The van der Waals surface area contributed by atoms with Gasteiger partial charge in [-0.25, -0.2) is 0 Å². The van der Waals surface area contributed by atoms with Crippen LogP contribution in [0.4, 0.5) is 5.69 Å². The Morgan fingerprint density at radius 3 is 2.74 bits per heavy atom. The van der Waals surface area contributed by atoms with Gasteiger partial charge >= 0.3 is 0 Å². The van der Waals surface area contributed by atoms with Crippen LogP contribution in [0.3, 0.4) is 0 Å². The SMILES string of the molecule is Nc1cccc(C2CCN(CC3CCCO3)CC2)c1. The molecule has 1 unspecified atom stereocenters. The number of anilines is 1. The van der Waals surface area contributed by atoms with Gasteiger partial charge in [-0.15, -0.1) is 0 Å². The average Bonchev–Trinajstić information content (AvgIpc) is 2.92. The van der Waals surface area contributed by atoms with E-state index in [-0.39, 0.29) is 0 Å². The van der Waals surface area contributed by atoms with Crippen molar-refractivity contribution in [3.8, 4) is 0 Å². The van der Waals surface area contributed by atoms with Gasteiger partial charge in [0.05, 0.1) is 6.10 Å². The van der Waals surface area contributed by atoms with Gasteiger partial charge in [0.15, 0.2) is 0 Å². The van der Waals surface area contributed by atoms with Crippen molar-refractivity contribution in [3.05, 3.63) is 29.8 Å². The van der Waals surface area contributed by atoms with Crippen LogP contribution in [0.15, 0.2) is 24.3 Å². The Bertz CT molecular complexity index is 407. The molecule has 0 radical (unpaired) electrons. The first-order valence-corrected chi connectivity index (χ1v) is 7.50. The summed E-state index contributed by atoms with van der Waals surface area (Å²) in [5.41, 5.74) is 8.18. The number of nitrogens with two attached hydrogens (primary N) is 1. The monoisotopic (exact) mass is 260 g/mol. The molecule has 0 spiro atoms. The van der Waals surface area contributed by atoms with Crippen LogP contribution in [0.2, 0.25) is 0 Å². The molecule has 3 nitrogen and oxygen atoms in total. The lowest BCUT2D eigenvalue weighted by Crippen LogP contribution is -2.38. The molecule has 0 amide bonds. The molecule has 104 valence electrons. The van der Waals surface area contributed by atoms with Crippen molar-refractivity contribution in [1.29, 1.82) is 0 Å². The quantitative estimate of drug-likeness (QED) is 0.849. The number of rotatable bonds is 3. The first-order chi connectivity index (χ1) is 9.31. The molecule has 1 aromatic carbocycles. The molecule has 2 aliphatic heterocycles. The lowest BCUT2D eigenvalue weighted by molar-refractivity contribution is 0.0643. The first-order valence-electron chi connectivity index (χ1n) is 7.50. The summed E-state index contributed by atoms with van der Waals surface area (Å²) < 4.78 is 5.72. The van der Waals surface area contributed by atoms with Crippen LogP contribution < -0.4 is 5.73 Å². The van der Waals surface area contributed by atoms with E-state index in [9.17, 15) is 0 Å². The van der Waals surface area contributed by atoms with E-state index < -0.39 is 0 Å². The van der Waals surface area contributed by atoms with Gasteiger partial charge in [0.1, 0.15) is 0 Å². The molecule has 0 aliphatic carbocycles. The number of hydrogen-bond acceptors (Lipinski definition) is 3. The highest BCUT2D eigenvalue weighted by Gasteiger charge is 2.24. The third-order valence-corrected chi connectivity index (χ3v) is 4.46. The second-order valence-corrected chi connectivity index (χ2v) is 5.88. The topological polar surface area (TPSA) is 38.5 Å². The molecular formula is C16H24N2O. The van der Waals surface area contributed by atoms with Crippen LogP contribution in [0, 0.1) is 0 Å². The van der Waals surface area contributed by atoms with E-state index >= 15 is 0 Å². The largest absolute Gasteiger partial charge is 0.399 e. The fraction of sp³-hybridized carbons (Fsp3) is 0.625. The van der Waals surface area contributed by atoms with Crippen LogP contribution >= 0.6 is 0 Å². The number of likely N-dealkylation sites (tertiary alicyclic amines) is 1. The zero-order valence-electron chi connectivity index (χ0n) is 11.6. The number of hydrogen-bond donors (Lipinski definition) is 1. The Labute approximate surface area is 115 Å². The minimum Gasteiger partial charge on any atom is -0.399 e. The maximum Gasteiger partial charge on any atom is 0.0702 e. The van der Waals surface area contributed by atoms with Crippen molar-refractivity contribution in [1.82, 2.24) is 4.90 Å². The van der Waals surface area contributed by atoms with Gasteiger partial charge in [0.25, 0.3) is 0 Å². The highest BCUT2D eigenvalue weighted by Crippen LogP contribution is 2.29. The smallest absolute Gasteiger partial charge is 0.0702 e. The Kier molecular flexibility index (Phi) is 4.04. The number of benzene rings is 1. The zero-order chi connectivity index (χ0) is 13.1. The second kappa shape index (κ2) is 5.93. The van der Waals surface area contributed by atoms with Crippen LogP contribution in [0.1, 0.15) is 37.2 Å². The molecule has 0 saturated carbocycles. The molecule has 1 atom stereocenters. The first kappa shape index (κ1) is 12.9. The van der Waals surface area contributed by atoms with Crippen molar-refractivity contribution in [2.24, 2.45) is 0 Å². The van der Waals surface area contributed by atoms with Crippen molar-refractivity contribution >= 4 is 5.69 Å². The van der Waals surface area contributed by atoms with E-state index in [1.54, 1.807) is 0 Å². The molecule has 2 heterocycles. The van der Waals surface area contributed by atoms with Gasteiger partial charge in [0.2, 0.25) is 0 Å². The number of nitrogen functional groups attached to an aromatic ring is 1. The lowest BCUT2D eigenvalue weighted by Gasteiger charge is -2.33. The molecule has 0 bridgehead atoms. The minimum atomic E-state index is 0.490. The summed E-state index contributed by atoms with van der Waals surface area (Å²) >= 11 is 0. The van der Waals surface area contributed by atoms with Gasteiger partial charge in [-0.3, -0.25) is 0 Å². The molecule has 3 rings (SSSR count). The lowest BCUT2D eigenvalue weighted by atomic mass is 9.89.